The fourth-order valence-electron chi connectivity index (χ4n) is 12.2. The number of nitrogens with zero attached hydrogens (tertiary/aromatic N) is 6. The zero-order valence-electron chi connectivity index (χ0n) is 55.6. The molecule has 2 aromatic carbocycles. The average Bonchev–Trinajstić information content (AvgIpc) is 3.66. The Morgan fingerprint density at radius 2 is 1.54 bits per heavy atom. The van der Waals surface area contributed by atoms with Crippen LogP contribution >= 0.6 is 0 Å². The largest absolute Gasteiger partial charge is 0.401 e. The van der Waals surface area contributed by atoms with Crippen LogP contribution in [0.25, 0.3) is 33.3 Å². The molecule has 11 nitrogen and oxygen atoms in total. The summed E-state index contributed by atoms with van der Waals surface area (Å²) in [5, 5.41) is 1.22. The molecule has 6 rings (SSSR count). The lowest BCUT2D eigenvalue weighted by Gasteiger charge is -2.52. The van der Waals surface area contributed by atoms with Crippen LogP contribution in [0.1, 0.15) is 171 Å². The van der Waals surface area contributed by atoms with Crippen molar-refractivity contribution in [1.82, 2.24) is 34.6 Å². The molecule has 2 saturated heterocycles. The van der Waals surface area contributed by atoms with Gasteiger partial charge in [0.05, 0.1) is 17.4 Å². The number of aryl methyl sites for hydroxylation is 1. The van der Waals surface area contributed by atoms with E-state index in [9.17, 15) is 4.79 Å². The number of carbonyl (C=O) groups is 1. The van der Waals surface area contributed by atoms with E-state index in [1.807, 2.05) is 65.2 Å². The third kappa shape index (κ3) is 21.6. The number of hydrogen-bond acceptors (Lipinski definition) is 9. The van der Waals surface area contributed by atoms with Crippen LogP contribution in [0.15, 0.2) is 118 Å². The lowest BCUT2D eigenvalue weighted by molar-refractivity contribution is -0.132. The molecule has 12 heteroatoms. The average molecular weight is 1150 g/mol. The number of hydrogen-bond donors (Lipinski definition) is 4. The fourth-order valence-corrected chi connectivity index (χ4v) is 12.2. The van der Waals surface area contributed by atoms with Crippen molar-refractivity contribution in [3.8, 4) is 22.4 Å². The van der Waals surface area contributed by atoms with E-state index in [1.165, 1.54) is 33.8 Å². The van der Waals surface area contributed by atoms with Crippen LogP contribution < -0.4 is 22.7 Å². The SMILES string of the molecule is C=C.C=C(N)C(C(C)C)N(C)C.C=C([C@@H](C)Cc1cc(F)cc(-c2ccc3c(c2)c(CC(C)(C)CCC)c(-c2cccnc2C(N)CC)n3CC)c1)C(C)(C)CCCCNN.C=CC(=O)N1CCN(C)C2(CCN(C=C)CC2)C1.CC.CC. The van der Waals surface area contributed by atoms with E-state index in [1.54, 1.807) is 12.1 Å². The van der Waals surface area contributed by atoms with Crippen molar-refractivity contribution < 1.29 is 9.18 Å². The van der Waals surface area contributed by atoms with E-state index in [0.29, 0.717) is 12.0 Å². The normalized spacial score (nSPS) is 15.2. The molecule has 4 aromatic rings. The molecule has 83 heavy (non-hydrogen) atoms. The predicted molar refractivity (Wildman–Crippen MR) is 360 cm³/mol. The molecule has 2 aliphatic rings. The van der Waals surface area contributed by atoms with E-state index >= 15 is 4.39 Å². The second-order valence-corrected chi connectivity index (χ2v) is 24.2. The van der Waals surface area contributed by atoms with Gasteiger partial charge in [-0.05, 0) is 173 Å². The van der Waals surface area contributed by atoms with E-state index in [0.717, 1.165) is 144 Å². The summed E-state index contributed by atoms with van der Waals surface area (Å²) in [4.78, 5) is 25.3. The van der Waals surface area contributed by atoms with Gasteiger partial charge >= 0.3 is 0 Å². The molecule has 2 unspecified atom stereocenters. The highest BCUT2D eigenvalue weighted by molar-refractivity contribution is 5.95. The Morgan fingerprint density at radius 1 is 0.904 bits per heavy atom. The van der Waals surface area contributed by atoms with Crippen LogP contribution in [-0.2, 0) is 24.2 Å². The smallest absolute Gasteiger partial charge is 0.246 e. The molecule has 466 valence electrons. The van der Waals surface area contributed by atoms with E-state index < -0.39 is 0 Å². The number of amides is 1. The number of likely N-dealkylation sites (tertiary alicyclic amines) is 1. The molecule has 7 N–H and O–H groups in total. The molecular weight excluding hydrogens is 1030 g/mol. The molecule has 0 radical (unpaired) electrons. The fraction of sp³-hybridized carbons (Fsp3) is 0.577. The predicted octanol–water partition coefficient (Wildman–Crippen LogP) is 15.5. The summed E-state index contributed by atoms with van der Waals surface area (Å²) in [5.41, 5.74) is 25.9. The molecule has 2 aliphatic heterocycles. The van der Waals surface area contributed by atoms with Crippen LogP contribution in [0.3, 0.4) is 0 Å². The molecular formula is C71H119FN10O. The highest BCUT2D eigenvalue weighted by atomic mass is 19.1. The molecule has 0 saturated carbocycles. The Kier molecular flexibility index (Phi) is 33.9. The number of pyridine rings is 1. The summed E-state index contributed by atoms with van der Waals surface area (Å²) in [6.45, 7) is 58.3. The van der Waals surface area contributed by atoms with Gasteiger partial charge in [0.25, 0.3) is 0 Å². The van der Waals surface area contributed by atoms with E-state index in [2.05, 4.69) is 171 Å². The molecule has 1 amide bonds. The van der Waals surface area contributed by atoms with Gasteiger partial charge in [0.2, 0.25) is 5.91 Å². The Morgan fingerprint density at radius 3 is 2.06 bits per heavy atom. The van der Waals surface area contributed by atoms with Gasteiger partial charge in [-0.1, -0.05) is 147 Å². The van der Waals surface area contributed by atoms with Crippen LogP contribution in [-0.4, -0.2) is 107 Å². The third-order valence-corrected chi connectivity index (χ3v) is 16.7. The van der Waals surface area contributed by atoms with Crippen molar-refractivity contribution in [2.24, 2.45) is 40.0 Å². The minimum atomic E-state index is -0.205. The minimum absolute atomic E-state index is 0.00348. The molecule has 2 aromatic heterocycles. The number of hydrazine groups is 1. The highest BCUT2D eigenvalue weighted by Crippen LogP contribution is 2.43. The van der Waals surface area contributed by atoms with Crippen molar-refractivity contribution in [1.29, 1.82) is 0 Å². The molecule has 3 atom stereocenters. The number of rotatable bonds is 23. The molecule has 4 heterocycles. The Balaban J connectivity index is 0.000000823. The second kappa shape index (κ2) is 37.1. The quantitative estimate of drug-likeness (QED) is 0.0188. The van der Waals surface area contributed by atoms with Crippen molar-refractivity contribution in [2.45, 2.75) is 185 Å². The molecule has 1 spiro atoms. The summed E-state index contributed by atoms with van der Waals surface area (Å²) in [5.74, 6) is 6.07. The Bertz CT molecular complexity index is 2580. The number of halogens is 1. The molecule has 0 bridgehead atoms. The maximum absolute atomic E-state index is 15.4. The maximum Gasteiger partial charge on any atom is 0.246 e. The number of nitrogens with one attached hydrogen (secondary N) is 1. The number of piperazine rings is 1. The number of aromatic nitrogens is 2. The number of fused-ring (bicyclic) bond motifs is 1. The summed E-state index contributed by atoms with van der Waals surface area (Å²) in [6, 6.07) is 16.6. The third-order valence-electron chi connectivity index (χ3n) is 16.7. The first kappa shape index (κ1) is 75.6. The van der Waals surface area contributed by atoms with Crippen molar-refractivity contribution in [3.05, 3.63) is 140 Å². The van der Waals surface area contributed by atoms with Crippen LogP contribution in [0.5, 0.6) is 0 Å². The van der Waals surface area contributed by atoms with Crippen LogP contribution in [0.4, 0.5) is 4.39 Å². The summed E-state index contributed by atoms with van der Waals surface area (Å²) in [6.07, 6.45) is 15.3. The van der Waals surface area contributed by atoms with Crippen molar-refractivity contribution in [2.75, 3.05) is 60.4 Å². The van der Waals surface area contributed by atoms with Crippen LogP contribution in [0, 0.1) is 28.5 Å². The van der Waals surface area contributed by atoms with E-state index in [-0.39, 0.29) is 40.1 Å². The number of nitrogens with two attached hydrogens (primary N) is 3. The van der Waals surface area contributed by atoms with Gasteiger partial charge in [-0.25, -0.2) is 4.39 Å². The first-order valence-corrected chi connectivity index (χ1v) is 31.2. The van der Waals surface area contributed by atoms with Crippen LogP contribution in [0.2, 0.25) is 0 Å². The Hall–Kier alpha value is -5.37. The zero-order chi connectivity index (χ0) is 63.4. The van der Waals surface area contributed by atoms with Gasteiger partial charge in [-0.3, -0.25) is 25.9 Å². The zero-order valence-corrected chi connectivity index (χ0v) is 55.6. The van der Waals surface area contributed by atoms with Gasteiger partial charge < -0.3 is 30.7 Å². The topological polar surface area (TPSA) is 138 Å². The number of piperidine rings is 1. The summed E-state index contributed by atoms with van der Waals surface area (Å²) in [7, 11) is 6.21. The first-order valence-electron chi connectivity index (χ1n) is 31.2. The lowest BCUT2D eigenvalue weighted by Crippen LogP contribution is -2.64. The molecule has 2 fully saturated rings. The van der Waals surface area contributed by atoms with Gasteiger partial charge in [0.1, 0.15) is 5.82 Å². The van der Waals surface area contributed by atoms with Gasteiger partial charge in [0.15, 0.2) is 0 Å². The van der Waals surface area contributed by atoms with Gasteiger partial charge in [-0.2, -0.15) is 0 Å². The summed E-state index contributed by atoms with van der Waals surface area (Å²) < 4.78 is 17.8. The Labute approximate surface area is 506 Å². The van der Waals surface area contributed by atoms with Gasteiger partial charge in [-0.15, -0.1) is 13.2 Å². The van der Waals surface area contributed by atoms with Crippen molar-refractivity contribution >= 4 is 16.8 Å². The first-order chi connectivity index (χ1) is 39.3. The number of benzene rings is 2. The monoisotopic (exact) mass is 1150 g/mol. The lowest BCUT2D eigenvalue weighted by atomic mass is 9.74. The summed E-state index contributed by atoms with van der Waals surface area (Å²) >= 11 is 0. The van der Waals surface area contributed by atoms with Gasteiger partial charge in [0, 0.05) is 85.8 Å². The number of likely N-dealkylation sites (N-methyl/N-ethyl adjacent to an activating group) is 2. The maximum atomic E-state index is 15.4. The standard InChI is InChI=1S/C43H62FN5.C14H23N3O.C8H18N2.2C2H6.C2H4/c1-10-19-42(6,7)28-37-36-27-32(17-18-39(36)49(12-3)41(37)35-16-15-21-47-40(35)38(45)11-2)33-24-31(25-34(44)26-33)23-29(4)30(5)43(8,9)20-13-14-22-48-46;1-4-13(18)17-11-10-15(3)14(12-17)6-8-16(5-2)9-7-14;1-6(2)8(7(3)9)10(4)5;3*1-2/h15-18,21,24-27,29,38,48H,5,10-14,19-20,22-23,28,45-46H2,1-4,6-9H3;4-5H,1-2,6-12H2,3H3;6,8H,3,9H2,1-2,4-5H3;2*1-2H3;1-2H2/t29-,38?;;;;;/m0...../s1. The highest BCUT2D eigenvalue weighted by Gasteiger charge is 2.42. The molecule has 0 aliphatic carbocycles. The minimum Gasteiger partial charge on any atom is -0.401 e. The number of carbonyl (C=O) groups excluding carboxylic acids is 1. The number of allylic oxidation sites excluding steroid dienone is 1. The second-order valence-electron chi connectivity index (χ2n) is 24.2. The van der Waals surface area contributed by atoms with E-state index in [4.69, 9.17) is 22.3 Å². The number of unbranched alkanes of at least 4 members (excludes halogenated alkanes) is 1. The van der Waals surface area contributed by atoms with Crippen molar-refractivity contribution in [3.63, 3.8) is 0 Å².